The number of imide groups is 12. The number of carbonyl (C=O) groups excluding carboxylic acids is 24. The minimum atomic E-state index is -2.84. The van der Waals surface area contributed by atoms with Crippen molar-refractivity contribution in [2.24, 2.45) is 0 Å². The zero-order valence-corrected chi connectivity index (χ0v) is 76.3. The molecule has 12 aliphatic rings. The molecule has 0 aliphatic carbocycles. The van der Waals surface area contributed by atoms with Crippen molar-refractivity contribution in [3.05, 3.63) is 203 Å². The van der Waals surface area contributed by atoms with Gasteiger partial charge in [-0.2, -0.15) is 0 Å². The number of nitrogens with one attached hydrogen (secondary N) is 6. The molecule has 38 heteroatoms. The van der Waals surface area contributed by atoms with Crippen LogP contribution in [0.1, 0.15) is 366 Å². The van der Waals surface area contributed by atoms with E-state index in [1.165, 1.54) is 19.2 Å². The van der Waals surface area contributed by atoms with E-state index >= 15 is 4.39 Å². The first-order valence-corrected chi connectivity index (χ1v) is 44.3. The topological polar surface area (TPSA) is 514 Å². The van der Waals surface area contributed by atoms with Gasteiger partial charge in [-0.3, -0.25) is 176 Å². The van der Waals surface area contributed by atoms with Crippen molar-refractivity contribution in [1.82, 2.24) is 66.3 Å². The summed E-state index contributed by atoms with van der Waals surface area (Å²) in [4.78, 5) is 301. The molecule has 18 rings (SSSR count). The van der Waals surface area contributed by atoms with E-state index in [-0.39, 0.29) is 158 Å². The lowest BCUT2D eigenvalue weighted by molar-refractivity contribution is -0.151. The number of alkyl halides is 1. The molecule has 24 amide bonds. The fourth-order valence-corrected chi connectivity index (χ4v) is 18.6. The number of amides is 24. The molecule has 12 aliphatic heterocycles. The number of nitrogens with zero attached hydrogens (tertiary/aromatic N) is 7. The van der Waals surface area contributed by atoms with E-state index in [0.29, 0.717) is 55.0 Å². The van der Waals surface area contributed by atoms with Crippen LogP contribution >= 0.6 is 0 Å². The summed E-state index contributed by atoms with van der Waals surface area (Å²) in [5.74, 6) is -15.6. The molecule has 0 spiro atoms. The van der Waals surface area contributed by atoms with E-state index in [9.17, 15) is 115 Å². The highest BCUT2D eigenvalue weighted by Gasteiger charge is 2.59. The van der Waals surface area contributed by atoms with E-state index in [1.54, 1.807) is 60.7 Å². The van der Waals surface area contributed by atoms with Crippen molar-refractivity contribution >= 4 is 142 Å². The normalized spacial score (nSPS) is 22.3. The van der Waals surface area contributed by atoms with Gasteiger partial charge in [0.15, 0.2) is 0 Å². The summed E-state index contributed by atoms with van der Waals surface area (Å²) in [6.07, 6.45) is 2.09. The lowest BCUT2D eigenvalue weighted by atomic mass is 9.89. The van der Waals surface area contributed by atoms with Gasteiger partial charge >= 0.3 is 0 Å². The smallest absolute Gasteiger partial charge is 0.285 e. The van der Waals surface area contributed by atoms with Gasteiger partial charge < -0.3 is 0 Å². The summed E-state index contributed by atoms with van der Waals surface area (Å²) in [5.41, 5.74) is 7.64. The zero-order valence-electron chi connectivity index (χ0n) is 76.3. The van der Waals surface area contributed by atoms with Gasteiger partial charge in [-0.1, -0.05) is 138 Å². The molecule has 6 aromatic rings. The molecule has 0 radical (unpaired) electrons. The average Bonchev–Trinajstić information content (AvgIpc) is 1.56. The highest BCUT2D eigenvalue weighted by Crippen LogP contribution is 2.43. The summed E-state index contributed by atoms with van der Waals surface area (Å²) < 4.78 is 15.2. The number of piperidine rings is 6. The van der Waals surface area contributed by atoms with Crippen LogP contribution in [-0.2, 0) is 57.5 Å². The van der Waals surface area contributed by atoms with Crippen LogP contribution in [0.2, 0.25) is 0 Å². The molecule has 5 aromatic carbocycles. The van der Waals surface area contributed by atoms with Gasteiger partial charge in [0.2, 0.25) is 59.1 Å². The van der Waals surface area contributed by atoms with Crippen LogP contribution in [0, 0.1) is 6.92 Å². The quantitative estimate of drug-likeness (QED) is 0.0505. The molecule has 6 fully saturated rings. The molecule has 37 nitrogen and oxygen atoms in total. The molecule has 702 valence electrons. The molecule has 1 aromatic heterocycles. The van der Waals surface area contributed by atoms with Crippen molar-refractivity contribution in [2.75, 3.05) is 0 Å². The molecule has 135 heavy (non-hydrogen) atoms. The van der Waals surface area contributed by atoms with Crippen LogP contribution in [0.15, 0.2) is 97.2 Å². The maximum atomic E-state index is 15.2. The Balaban J connectivity index is 0.000000137. The number of aromatic nitrogens is 1. The number of benzene rings is 5. The second-order valence-corrected chi connectivity index (χ2v) is 36.3. The summed E-state index contributed by atoms with van der Waals surface area (Å²) >= 11 is 0. The minimum absolute atomic E-state index is 0.0426. The maximum Gasteiger partial charge on any atom is 0.285 e. The molecule has 0 saturated carbocycles. The van der Waals surface area contributed by atoms with Gasteiger partial charge in [0.25, 0.3) is 88.5 Å². The van der Waals surface area contributed by atoms with Crippen molar-refractivity contribution in [3.8, 4) is 0 Å². The molecule has 6 atom stereocenters. The Morgan fingerprint density at radius 3 is 0.948 bits per heavy atom. The first-order chi connectivity index (χ1) is 63.6. The molecule has 6 unspecified atom stereocenters. The predicted molar refractivity (Wildman–Crippen MR) is 470 cm³/mol. The third kappa shape index (κ3) is 17.6. The Kier molecular flexibility index (Phi) is 27.3. The van der Waals surface area contributed by atoms with Gasteiger partial charge in [0.1, 0.15) is 35.4 Å². The maximum absolute atomic E-state index is 15.2. The summed E-state index contributed by atoms with van der Waals surface area (Å²) in [6, 6.07) is 21.8. The fourth-order valence-electron chi connectivity index (χ4n) is 18.6. The van der Waals surface area contributed by atoms with Crippen LogP contribution in [-0.4, -0.2) is 212 Å². The fraction of sp³-hybridized carbons (Fsp3) is 0.392. The van der Waals surface area contributed by atoms with Crippen LogP contribution < -0.4 is 31.9 Å². The van der Waals surface area contributed by atoms with Gasteiger partial charge in [-0.05, 0) is 157 Å². The predicted octanol–water partition coefficient (Wildman–Crippen LogP) is 7.66. The number of pyridine rings is 1. The summed E-state index contributed by atoms with van der Waals surface area (Å²) in [6.45, 7) is 26.6. The number of halogens is 1. The van der Waals surface area contributed by atoms with Crippen LogP contribution in [0.25, 0.3) is 0 Å². The standard InChI is InChI=1S/2C17H18N2O4.C16H15FN2O4.2C16H16N2O4.C15H15N3O4/c1-8(2)13-9(3)4-5-10-14(13)17(23)19(16(10)22)11-6-7-12(20)18-15(11)21;1-9(2)10-5-4-6-11-13(10)15(22)19(14(11)21)17(3)8-7-12(20)18-16(17)23;1-8(2)9-4-3-5-10-12(9)14(22)19(13(10)21)16(17)7-6-11(20)18-15(16)23;2*1-8(2)9-4-3-5-10-13(9)16(22)18(15(10)21)11-6-7-12(19)17-14(11)20;1-7(2)8-5-6-16-12-11(8)14(21)18(15(12)22)9-3-4-10(19)17-13(9)20/h4-5,8,11H,6-7H2,1-3H3,(H,18,20,21);4-6,9H,7-8H2,1-3H3,(H,18,20,23);3-5,8H,6-7H2,1-2H3,(H,18,20,23);2*3-5,8,11H,6-7H2,1-2H3,(H,17,19,20);5-7,9H,3-4H2,1-2H3,(H,17,19,20). The van der Waals surface area contributed by atoms with E-state index in [1.807, 2.05) is 120 Å². The summed E-state index contributed by atoms with van der Waals surface area (Å²) in [5, 5.41) is 12.8. The molecule has 6 N–H and O–H groups in total. The second-order valence-electron chi connectivity index (χ2n) is 36.3. The van der Waals surface area contributed by atoms with Crippen LogP contribution in [0.3, 0.4) is 0 Å². The Morgan fingerprint density at radius 1 is 0.304 bits per heavy atom. The molecular formula is C97H98FN13O24. The van der Waals surface area contributed by atoms with E-state index < -0.39 is 154 Å². The van der Waals surface area contributed by atoms with Crippen molar-refractivity contribution in [3.63, 3.8) is 0 Å². The lowest BCUT2D eigenvalue weighted by Crippen LogP contribution is -2.62. The van der Waals surface area contributed by atoms with Gasteiger partial charge in [0.05, 0.1) is 61.2 Å². The lowest BCUT2D eigenvalue weighted by Gasteiger charge is -2.38. The Morgan fingerprint density at radius 2 is 0.600 bits per heavy atom. The Hall–Kier alpha value is -15.1. The largest absolute Gasteiger partial charge is 0.295 e. The van der Waals surface area contributed by atoms with Gasteiger partial charge in [-0.25, -0.2) is 9.29 Å². The van der Waals surface area contributed by atoms with Crippen molar-refractivity contribution in [2.45, 2.75) is 245 Å². The van der Waals surface area contributed by atoms with E-state index in [0.717, 1.165) is 57.9 Å². The Bertz CT molecular complexity index is 5910. The highest BCUT2D eigenvalue weighted by atomic mass is 19.1. The van der Waals surface area contributed by atoms with Gasteiger partial charge in [0, 0.05) is 51.1 Å². The summed E-state index contributed by atoms with van der Waals surface area (Å²) in [7, 11) is 0. The van der Waals surface area contributed by atoms with Crippen molar-refractivity contribution in [1.29, 1.82) is 0 Å². The molecular weight excluding hydrogens is 1750 g/mol. The number of hydrogen-bond acceptors (Lipinski definition) is 25. The van der Waals surface area contributed by atoms with Gasteiger partial charge in [-0.15, -0.1) is 0 Å². The van der Waals surface area contributed by atoms with E-state index in [2.05, 4.69) is 31.6 Å². The number of carbonyl (C=O) groups is 24. The average molecular weight is 1850 g/mol. The highest BCUT2D eigenvalue weighted by molar-refractivity contribution is 6.29. The SMILES string of the molecule is CC(C)c1cccc2c1C(=O)N(C1(C)CCC(=O)NC1=O)C2=O.CC(C)c1cccc2c1C(=O)N(C1(F)CCC(=O)NC1=O)C2=O.CC(C)c1cccc2c1C(=O)N(C1CCC(=O)NC1=O)C2=O.CC(C)c1cccc2c1C(=O)N(C1CCC(=O)NC1=O)C2=O.CC(C)c1ccnc2c1C(=O)N(C1CCC(=O)NC1=O)C2=O.Cc1ccc2c(c1C(C)C)C(=O)N(C1CCC(=O)NC1=O)C2=O. The van der Waals surface area contributed by atoms with Crippen LogP contribution in [0.5, 0.6) is 0 Å². The first-order valence-electron chi connectivity index (χ1n) is 44.3. The minimum Gasteiger partial charge on any atom is -0.295 e. The molecule has 13 heterocycles. The number of rotatable bonds is 12. The van der Waals surface area contributed by atoms with Crippen molar-refractivity contribution < 1.29 is 119 Å². The monoisotopic (exact) mass is 1850 g/mol. The van der Waals surface area contributed by atoms with E-state index in [4.69, 9.17) is 0 Å². The Labute approximate surface area is 771 Å². The zero-order chi connectivity index (χ0) is 98.8. The third-order valence-corrected chi connectivity index (χ3v) is 25.5. The molecule has 0 bridgehead atoms. The third-order valence-electron chi connectivity index (χ3n) is 25.5. The number of hydrogen-bond donors (Lipinski definition) is 6. The number of aryl methyl sites for hydroxylation is 1. The first kappa shape index (κ1) is 97.4. The second kappa shape index (κ2) is 37.8. The van der Waals surface area contributed by atoms with Crippen LogP contribution in [0.4, 0.5) is 4.39 Å². The molecule has 6 saturated heterocycles. The number of fused-ring (bicyclic) bond motifs is 6.